The van der Waals surface area contributed by atoms with Crippen LogP contribution < -0.4 is 14.8 Å². The number of fused-ring (bicyclic) bond motifs is 1. The topological polar surface area (TPSA) is 62.4 Å². The van der Waals surface area contributed by atoms with Crippen molar-refractivity contribution in [1.29, 1.82) is 0 Å². The molecule has 0 saturated carbocycles. The lowest BCUT2D eigenvalue weighted by Gasteiger charge is -2.16. The quantitative estimate of drug-likeness (QED) is 0.606. The van der Waals surface area contributed by atoms with E-state index in [4.69, 9.17) is 9.47 Å². The number of hydrogen-bond donors (Lipinski definition) is 2. The molecule has 3 aromatic rings. The molecule has 0 radical (unpaired) electrons. The van der Waals surface area contributed by atoms with Crippen LogP contribution in [0.4, 0.5) is 0 Å². The number of ether oxygens (including phenoxy) is 2. The van der Waals surface area contributed by atoms with Gasteiger partial charge in [0.1, 0.15) is 0 Å². The number of benzene rings is 2. The summed E-state index contributed by atoms with van der Waals surface area (Å²) in [5.41, 5.74) is 4.72. The minimum absolute atomic E-state index is 0.289. The van der Waals surface area contributed by atoms with Gasteiger partial charge in [0.2, 0.25) is 6.79 Å². The van der Waals surface area contributed by atoms with E-state index in [0.717, 1.165) is 54.5 Å². The highest BCUT2D eigenvalue weighted by Crippen LogP contribution is 2.36. The highest BCUT2D eigenvalue weighted by atomic mass is 16.7. The summed E-state index contributed by atoms with van der Waals surface area (Å²) in [7, 11) is 0. The smallest absolute Gasteiger partial charge is 0.231 e. The summed E-state index contributed by atoms with van der Waals surface area (Å²) in [6.07, 6.45) is 3.15. The fraction of sp³-hybridized carbons (Fsp3) is 0.348. The highest BCUT2D eigenvalue weighted by Gasteiger charge is 2.23. The van der Waals surface area contributed by atoms with E-state index in [-0.39, 0.29) is 6.79 Å². The molecular weight excluding hydrogens is 364 g/mol. The van der Waals surface area contributed by atoms with Crippen LogP contribution >= 0.6 is 0 Å². The number of hydrogen-bond acceptors (Lipinski definition) is 5. The van der Waals surface area contributed by atoms with Gasteiger partial charge in [0.05, 0.1) is 11.9 Å². The van der Waals surface area contributed by atoms with Crippen LogP contribution in [-0.4, -0.2) is 48.1 Å². The Morgan fingerprint density at radius 2 is 2.00 bits per heavy atom. The SMILES string of the molecule is c1ccc(C2CCN(CCNCc3cn[nH]c3-c3ccc4c(c3)OCO4)C2)cc1. The van der Waals surface area contributed by atoms with Gasteiger partial charge in [-0.3, -0.25) is 5.10 Å². The van der Waals surface area contributed by atoms with Gasteiger partial charge in [-0.2, -0.15) is 5.10 Å². The summed E-state index contributed by atoms with van der Waals surface area (Å²) < 4.78 is 10.9. The van der Waals surface area contributed by atoms with Crippen LogP contribution in [-0.2, 0) is 6.54 Å². The predicted octanol–water partition coefficient (Wildman–Crippen LogP) is 3.38. The molecule has 1 aromatic heterocycles. The maximum Gasteiger partial charge on any atom is 0.231 e. The van der Waals surface area contributed by atoms with Gasteiger partial charge in [-0.1, -0.05) is 30.3 Å². The van der Waals surface area contributed by atoms with Crippen LogP contribution in [0.5, 0.6) is 11.5 Å². The van der Waals surface area contributed by atoms with Crippen molar-refractivity contribution in [2.45, 2.75) is 18.9 Å². The Bertz CT molecular complexity index is 957. The van der Waals surface area contributed by atoms with Crippen molar-refractivity contribution in [3.05, 3.63) is 65.9 Å². The summed E-state index contributed by atoms with van der Waals surface area (Å²) in [4.78, 5) is 2.55. The van der Waals surface area contributed by atoms with E-state index in [9.17, 15) is 0 Å². The molecule has 0 aliphatic carbocycles. The maximum absolute atomic E-state index is 5.50. The first-order valence-corrected chi connectivity index (χ1v) is 10.3. The van der Waals surface area contributed by atoms with Crippen LogP contribution in [0.2, 0.25) is 0 Å². The zero-order valence-corrected chi connectivity index (χ0v) is 16.4. The molecule has 1 atom stereocenters. The van der Waals surface area contributed by atoms with E-state index < -0.39 is 0 Å². The Kier molecular flexibility index (Phi) is 5.19. The normalized spacial score (nSPS) is 18.4. The molecule has 0 spiro atoms. The van der Waals surface area contributed by atoms with Crippen molar-refractivity contribution in [3.8, 4) is 22.8 Å². The predicted molar refractivity (Wildman–Crippen MR) is 112 cm³/mol. The Labute approximate surface area is 170 Å². The van der Waals surface area contributed by atoms with E-state index in [0.29, 0.717) is 5.92 Å². The van der Waals surface area contributed by atoms with Crippen molar-refractivity contribution in [2.24, 2.45) is 0 Å². The Morgan fingerprint density at radius 3 is 2.93 bits per heavy atom. The zero-order valence-electron chi connectivity index (χ0n) is 16.4. The molecule has 1 fully saturated rings. The van der Waals surface area contributed by atoms with E-state index in [2.05, 4.69) is 50.7 Å². The number of aromatic amines is 1. The standard InChI is InChI=1S/C23H26N4O2/c1-2-4-17(5-3-1)19-8-10-27(15-19)11-9-24-13-20-14-25-26-23(20)18-6-7-21-22(12-18)29-16-28-21/h1-7,12,14,19,24H,8-11,13,15-16H2,(H,25,26). The molecule has 6 nitrogen and oxygen atoms in total. The zero-order chi connectivity index (χ0) is 19.5. The number of nitrogens with one attached hydrogen (secondary N) is 2. The van der Waals surface area contributed by atoms with Crippen LogP contribution in [0.1, 0.15) is 23.5 Å². The molecule has 2 N–H and O–H groups in total. The van der Waals surface area contributed by atoms with Crippen molar-refractivity contribution in [1.82, 2.24) is 20.4 Å². The van der Waals surface area contributed by atoms with E-state index in [1.165, 1.54) is 18.5 Å². The summed E-state index contributed by atoms with van der Waals surface area (Å²) in [5.74, 6) is 2.26. The van der Waals surface area contributed by atoms with Crippen molar-refractivity contribution in [2.75, 3.05) is 33.0 Å². The lowest BCUT2D eigenvalue weighted by molar-refractivity contribution is 0.174. The first-order chi connectivity index (χ1) is 14.4. The molecular formula is C23H26N4O2. The molecule has 0 amide bonds. The van der Waals surface area contributed by atoms with E-state index in [1.54, 1.807) is 0 Å². The van der Waals surface area contributed by atoms with Gasteiger partial charge in [-0.25, -0.2) is 0 Å². The second-order valence-corrected chi connectivity index (χ2v) is 7.71. The maximum atomic E-state index is 5.50. The molecule has 3 heterocycles. The minimum Gasteiger partial charge on any atom is -0.454 e. The Morgan fingerprint density at radius 1 is 1.10 bits per heavy atom. The van der Waals surface area contributed by atoms with Crippen LogP contribution in [0, 0.1) is 0 Å². The van der Waals surface area contributed by atoms with Crippen LogP contribution in [0.15, 0.2) is 54.7 Å². The Hall–Kier alpha value is -2.83. The van der Waals surface area contributed by atoms with Gasteiger partial charge in [0.25, 0.3) is 0 Å². The lowest BCUT2D eigenvalue weighted by atomic mass is 9.99. The number of nitrogens with zero attached hydrogens (tertiary/aromatic N) is 2. The van der Waals surface area contributed by atoms with Gasteiger partial charge in [-0.05, 0) is 42.6 Å². The summed E-state index contributed by atoms with van der Waals surface area (Å²) in [5, 5.41) is 10.9. The fourth-order valence-electron chi connectivity index (χ4n) is 4.24. The molecule has 2 aliphatic heterocycles. The first-order valence-electron chi connectivity index (χ1n) is 10.3. The third kappa shape index (κ3) is 3.99. The Balaban J connectivity index is 1.12. The molecule has 0 bridgehead atoms. The van der Waals surface area contributed by atoms with Crippen molar-refractivity contribution in [3.63, 3.8) is 0 Å². The highest BCUT2D eigenvalue weighted by molar-refractivity contribution is 5.66. The molecule has 29 heavy (non-hydrogen) atoms. The van der Waals surface area contributed by atoms with Gasteiger partial charge < -0.3 is 19.7 Å². The number of rotatable bonds is 7. The second kappa shape index (κ2) is 8.27. The minimum atomic E-state index is 0.289. The molecule has 2 aromatic carbocycles. The second-order valence-electron chi connectivity index (χ2n) is 7.71. The van der Waals surface area contributed by atoms with Gasteiger partial charge in [0.15, 0.2) is 11.5 Å². The van der Waals surface area contributed by atoms with E-state index in [1.807, 2.05) is 24.4 Å². The first kappa shape index (κ1) is 18.2. The van der Waals surface area contributed by atoms with E-state index >= 15 is 0 Å². The average molecular weight is 390 g/mol. The molecule has 150 valence electrons. The molecule has 1 saturated heterocycles. The summed E-state index contributed by atoms with van der Waals surface area (Å²) in [6, 6.07) is 16.9. The molecule has 5 rings (SSSR count). The number of aromatic nitrogens is 2. The third-order valence-electron chi connectivity index (χ3n) is 5.84. The monoisotopic (exact) mass is 390 g/mol. The average Bonchev–Trinajstić information content (AvgIpc) is 3.52. The van der Waals surface area contributed by atoms with Gasteiger partial charge >= 0.3 is 0 Å². The third-order valence-corrected chi connectivity index (χ3v) is 5.84. The van der Waals surface area contributed by atoms with Gasteiger partial charge in [-0.15, -0.1) is 0 Å². The largest absolute Gasteiger partial charge is 0.454 e. The summed E-state index contributed by atoms with van der Waals surface area (Å²) in [6.45, 7) is 5.44. The molecule has 2 aliphatic rings. The van der Waals surface area contributed by atoms with Crippen LogP contribution in [0.25, 0.3) is 11.3 Å². The van der Waals surface area contributed by atoms with Crippen LogP contribution in [0.3, 0.4) is 0 Å². The lowest BCUT2D eigenvalue weighted by Crippen LogP contribution is -2.30. The van der Waals surface area contributed by atoms with Gasteiger partial charge in [0, 0.05) is 37.3 Å². The van der Waals surface area contributed by atoms with Crippen molar-refractivity contribution >= 4 is 0 Å². The number of H-pyrrole nitrogens is 1. The summed E-state index contributed by atoms with van der Waals surface area (Å²) >= 11 is 0. The number of likely N-dealkylation sites (tertiary alicyclic amines) is 1. The fourth-order valence-corrected chi connectivity index (χ4v) is 4.24. The van der Waals surface area contributed by atoms with Crippen molar-refractivity contribution < 1.29 is 9.47 Å². The molecule has 6 heteroatoms. The molecule has 1 unspecified atom stereocenters.